The molecule has 0 amide bonds. The van der Waals surface area contributed by atoms with Crippen molar-refractivity contribution in [1.29, 1.82) is 5.26 Å². The molecule has 0 saturated heterocycles. The lowest BCUT2D eigenvalue weighted by Gasteiger charge is -2.03. The normalized spacial score (nSPS) is 9.75. The summed E-state index contributed by atoms with van der Waals surface area (Å²) in [6, 6.07) is 7.48. The van der Waals surface area contributed by atoms with Crippen molar-refractivity contribution in [3.05, 3.63) is 42.0 Å². The molecule has 0 aliphatic carbocycles. The number of hydrogen-bond donors (Lipinski definition) is 1. The number of hydrogen-bond acceptors (Lipinski definition) is 4. The number of aryl methyl sites for hydroxylation is 1. The van der Waals surface area contributed by atoms with Gasteiger partial charge in [-0.3, -0.25) is 4.68 Å². The Hall–Kier alpha value is -2.35. The minimum atomic E-state index is 0.408. The van der Waals surface area contributed by atoms with Gasteiger partial charge in [0, 0.05) is 25.1 Å². The summed E-state index contributed by atoms with van der Waals surface area (Å²) in [4.78, 5) is 3.90. The molecule has 2 aromatic heterocycles. The van der Waals surface area contributed by atoms with Crippen LogP contribution in [0.2, 0.25) is 0 Å². The van der Waals surface area contributed by atoms with Crippen LogP contribution in [0.5, 0.6) is 0 Å². The Morgan fingerprint density at radius 3 is 3.06 bits per heavy atom. The molecule has 0 aliphatic rings. The van der Waals surface area contributed by atoms with Gasteiger partial charge in [-0.15, -0.1) is 0 Å². The molecular weight excluding hydrogens is 202 g/mol. The minimum absolute atomic E-state index is 0.408. The third kappa shape index (κ3) is 2.36. The number of pyridine rings is 1. The Morgan fingerprint density at radius 2 is 2.38 bits per heavy atom. The van der Waals surface area contributed by atoms with Crippen molar-refractivity contribution in [1.82, 2.24) is 14.8 Å². The van der Waals surface area contributed by atoms with Crippen molar-refractivity contribution in [3.8, 4) is 6.07 Å². The molecule has 2 rings (SSSR count). The smallest absolute Gasteiger partial charge is 0.142 e. The highest BCUT2D eigenvalue weighted by molar-refractivity contribution is 5.45. The molecule has 0 aliphatic heterocycles. The maximum Gasteiger partial charge on any atom is 0.142 e. The molecule has 0 fully saturated rings. The lowest BCUT2D eigenvalue weighted by atomic mass is 10.3. The molecule has 2 aromatic rings. The summed E-state index contributed by atoms with van der Waals surface area (Å²) in [6.45, 7) is 0.635. The van der Waals surface area contributed by atoms with E-state index < -0.39 is 0 Å². The van der Waals surface area contributed by atoms with Crippen LogP contribution in [0.4, 0.5) is 5.69 Å². The summed E-state index contributed by atoms with van der Waals surface area (Å²) in [5.41, 5.74) is 2.24. The van der Waals surface area contributed by atoms with E-state index in [1.807, 2.05) is 31.4 Å². The van der Waals surface area contributed by atoms with Gasteiger partial charge in [0.05, 0.1) is 12.2 Å². The summed E-state index contributed by atoms with van der Waals surface area (Å²) in [6.07, 6.45) is 3.50. The molecule has 5 nitrogen and oxygen atoms in total. The fourth-order valence-electron chi connectivity index (χ4n) is 1.35. The van der Waals surface area contributed by atoms with Crippen LogP contribution in [0.15, 0.2) is 30.6 Å². The van der Waals surface area contributed by atoms with E-state index in [0.29, 0.717) is 12.2 Å². The largest absolute Gasteiger partial charge is 0.379 e. The van der Waals surface area contributed by atoms with E-state index in [0.717, 1.165) is 11.4 Å². The average Bonchev–Trinajstić information content (AvgIpc) is 2.73. The van der Waals surface area contributed by atoms with Crippen molar-refractivity contribution in [2.75, 3.05) is 5.32 Å². The standard InChI is InChI=1S/C11H11N5/c1-16-5-3-10(15-16)8-14-9-2-4-13-11(6-9)7-12/h2-6H,8H2,1H3,(H,13,14). The topological polar surface area (TPSA) is 66.5 Å². The number of nitriles is 1. The second-order valence-electron chi connectivity index (χ2n) is 3.38. The first-order chi connectivity index (χ1) is 7.78. The van der Waals surface area contributed by atoms with Gasteiger partial charge in [-0.25, -0.2) is 4.98 Å². The highest BCUT2D eigenvalue weighted by atomic mass is 15.3. The first kappa shape index (κ1) is 10.2. The van der Waals surface area contributed by atoms with Crippen LogP contribution in [0.3, 0.4) is 0 Å². The highest BCUT2D eigenvalue weighted by Crippen LogP contribution is 2.08. The number of nitrogens with one attached hydrogen (secondary N) is 1. The second-order valence-corrected chi connectivity index (χ2v) is 3.38. The quantitative estimate of drug-likeness (QED) is 0.834. The van der Waals surface area contributed by atoms with Gasteiger partial charge in [0.1, 0.15) is 11.8 Å². The number of nitrogens with zero attached hydrogens (tertiary/aromatic N) is 4. The SMILES string of the molecule is Cn1ccc(CNc2ccnc(C#N)c2)n1. The Kier molecular flexibility index (Phi) is 2.83. The van der Waals surface area contributed by atoms with Crippen molar-refractivity contribution in [2.45, 2.75) is 6.54 Å². The predicted molar refractivity (Wildman–Crippen MR) is 59.5 cm³/mol. The molecule has 0 aromatic carbocycles. The number of rotatable bonds is 3. The molecule has 0 spiro atoms. The minimum Gasteiger partial charge on any atom is -0.379 e. The summed E-state index contributed by atoms with van der Waals surface area (Å²) in [7, 11) is 1.88. The Balaban J connectivity index is 2.02. The number of aromatic nitrogens is 3. The molecule has 0 saturated carbocycles. The van der Waals surface area contributed by atoms with E-state index in [2.05, 4.69) is 15.4 Å². The van der Waals surface area contributed by atoms with Crippen molar-refractivity contribution in [2.24, 2.45) is 7.05 Å². The lowest BCUT2D eigenvalue weighted by Crippen LogP contribution is -2.01. The summed E-state index contributed by atoms with van der Waals surface area (Å²) in [5.74, 6) is 0. The molecule has 2 heterocycles. The molecule has 1 N–H and O–H groups in total. The van der Waals surface area contributed by atoms with Gasteiger partial charge in [0.15, 0.2) is 0 Å². The zero-order valence-electron chi connectivity index (χ0n) is 8.88. The second kappa shape index (κ2) is 4.45. The Morgan fingerprint density at radius 1 is 1.50 bits per heavy atom. The van der Waals surface area contributed by atoms with E-state index in [-0.39, 0.29) is 0 Å². The van der Waals surface area contributed by atoms with Crippen LogP contribution in [-0.2, 0) is 13.6 Å². The van der Waals surface area contributed by atoms with Crippen LogP contribution in [-0.4, -0.2) is 14.8 Å². The molecular formula is C11H11N5. The van der Waals surface area contributed by atoms with Gasteiger partial charge in [0.2, 0.25) is 0 Å². The molecule has 80 valence electrons. The van der Waals surface area contributed by atoms with Crippen molar-refractivity contribution >= 4 is 5.69 Å². The van der Waals surface area contributed by atoms with Gasteiger partial charge in [-0.05, 0) is 18.2 Å². The average molecular weight is 213 g/mol. The predicted octanol–water partition coefficient (Wildman–Crippen LogP) is 1.30. The van der Waals surface area contributed by atoms with Crippen LogP contribution in [0.1, 0.15) is 11.4 Å². The summed E-state index contributed by atoms with van der Waals surface area (Å²) in [5, 5.41) is 16.1. The molecule has 0 bridgehead atoms. The van der Waals surface area contributed by atoms with E-state index >= 15 is 0 Å². The Labute approximate surface area is 93.4 Å². The van der Waals surface area contributed by atoms with Gasteiger partial charge in [-0.2, -0.15) is 10.4 Å². The third-order valence-electron chi connectivity index (χ3n) is 2.12. The van der Waals surface area contributed by atoms with Gasteiger partial charge < -0.3 is 5.32 Å². The highest BCUT2D eigenvalue weighted by Gasteiger charge is 1.98. The maximum atomic E-state index is 8.69. The van der Waals surface area contributed by atoms with Gasteiger partial charge in [0.25, 0.3) is 0 Å². The van der Waals surface area contributed by atoms with Crippen LogP contribution in [0.25, 0.3) is 0 Å². The monoisotopic (exact) mass is 213 g/mol. The third-order valence-corrected chi connectivity index (χ3v) is 2.12. The van der Waals surface area contributed by atoms with Gasteiger partial charge >= 0.3 is 0 Å². The molecule has 0 atom stereocenters. The number of anilines is 1. The first-order valence-corrected chi connectivity index (χ1v) is 4.86. The Bertz CT molecular complexity index is 523. The van der Waals surface area contributed by atoms with E-state index in [4.69, 9.17) is 5.26 Å². The molecule has 0 unspecified atom stereocenters. The molecule has 16 heavy (non-hydrogen) atoms. The van der Waals surface area contributed by atoms with Crippen molar-refractivity contribution < 1.29 is 0 Å². The van der Waals surface area contributed by atoms with E-state index in [9.17, 15) is 0 Å². The van der Waals surface area contributed by atoms with Crippen LogP contribution >= 0.6 is 0 Å². The molecule has 0 radical (unpaired) electrons. The molecule has 5 heteroatoms. The zero-order valence-corrected chi connectivity index (χ0v) is 8.88. The van der Waals surface area contributed by atoms with Crippen LogP contribution < -0.4 is 5.32 Å². The van der Waals surface area contributed by atoms with E-state index in [1.54, 1.807) is 16.9 Å². The van der Waals surface area contributed by atoms with E-state index in [1.165, 1.54) is 0 Å². The van der Waals surface area contributed by atoms with Gasteiger partial charge in [-0.1, -0.05) is 0 Å². The van der Waals surface area contributed by atoms with Crippen LogP contribution in [0, 0.1) is 11.3 Å². The first-order valence-electron chi connectivity index (χ1n) is 4.86. The maximum absolute atomic E-state index is 8.69. The fraction of sp³-hybridized carbons (Fsp3) is 0.182. The van der Waals surface area contributed by atoms with Crippen molar-refractivity contribution in [3.63, 3.8) is 0 Å². The lowest BCUT2D eigenvalue weighted by molar-refractivity contribution is 0.747. The zero-order chi connectivity index (χ0) is 11.4. The summed E-state index contributed by atoms with van der Waals surface area (Å²) >= 11 is 0. The summed E-state index contributed by atoms with van der Waals surface area (Å²) < 4.78 is 1.75. The fourth-order valence-corrected chi connectivity index (χ4v) is 1.35.